The minimum Gasteiger partial charge on any atom is -0.449 e. The summed E-state index contributed by atoms with van der Waals surface area (Å²) in [6, 6.07) is 16.0. The van der Waals surface area contributed by atoms with Gasteiger partial charge in [0, 0.05) is 5.92 Å². The van der Waals surface area contributed by atoms with E-state index in [9.17, 15) is 23.1 Å². The number of amides is 1. The molecule has 4 nitrogen and oxygen atoms in total. The predicted molar refractivity (Wildman–Crippen MR) is 104 cm³/mol. The fourth-order valence-corrected chi connectivity index (χ4v) is 3.79. The van der Waals surface area contributed by atoms with Crippen LogP contribution in [0.1, 0.15) is 28.7 Å². The number of hydrogen-bond donors (Lipinski definition) is 2. The minimum absolute atomic E-state index is 0.0458. The van der Waals surface area contributed by atoms with Crippen molar-refractivity contribution in [3.63, 3.8) is 0 Å². The number of aliphatic hydroxyl groups is 1. The van der Waals surface area contributed by atoms with Gasteiger partial charge in [0.25, 0.3) is 0 Å². The number of fused-ring (bicyclic) bond motifs is 3. The van der Waals surface area contributed by atoms with Crippen LogP contribution in [0.2, 0.25) is 0 Å². The third-order valence-electron chi connectivity index (χ3n) is 5.23. The highest BCUT2D eigenvalue weighted by atomic mass is 19.2. The molecule has 0 spiro atoms. The van der Waals surface area contributed by atoms with E-state index in [4.69, 9.17) is 4.74 Å². The molecule has 0 aromatic heterocycles. The van der Waals surface area contributed by atoms with Crippen molar-refractivity contribution < 1.29 is 27.8 Å². The van der Waals surface area contributed by atoms with Crippen LogP contribution in [-0.2, 0) is 4.74 Å². The molecule has 4 rings (SSSR count). The fraction of sp³-hybridized carbons (Fsp3) is 0.174. The molecule has 0 heterocycles. The van der Waals surface area contributed by atoms with E-state index >= 15 is 0 Å². The predicted octanol–water partition coefficient (Wildman–Crippen LogP) is 4.68. The van der Waals surface area contributed by atoms with Crippen LogP contribution in [0.3, 0.4) is 0 Å². The van der Waals surface area contributed by atoms with Gasteiger partial charge in [-0.3, -0.25) is 0 Å². The summed E-state index contributed by atoms with van der Waals surface area (Å²) in [6.07, 6.45) is -0.860. The van der Waals surface area contributed by atoms with Crippen LogP contribution in [0.15, 0.2) is 60.7 Å². The normalized spacial score (nSPS) is 13.5. The highest BCUT2D eigenvalue weighted by Gasteiger charge is 2.29. The lowest BCUT2D eigenvalue weighted by Gasteiger charge is -2.19. The molecule has 30 heavy (non-hydrogen) atoms. The van der Waals surface area contributed by atoms with E-state index < -0.39 is 36.2 Å². The topological polar surface area (TPSA) is 58.6 Å². The number of ether oxygens (including phenoxy) is 1. The summed E-state index contributed by atoms with van der Waals surface area (Å²) in [5.74, 6) is -4.58. The number of halogens is 3. The van der Waals surface area contributed by atoms with Gasteiger partial charge in [0.15, 0.2) is 17.5 Å². The number of alkyl carbamates (subject to hydrolysis) is 1. The summed E-state index contributed by atoms with van der Waals surface area (Å²) in [5, 5.41) is 11.9. The van der Waals surface area contributed by atoms with Gasteiger partial charge >= 0.3 is 6.09 Å². The molecule has 3 aromatic rings. The third-order valence-corrected chi connectivity index (χ3v) is 5.23. The molecule has 1 atom stereocenters. The molecule has 2 N–H and O–H groups in total. The lowest BCUT2D eigenvalue weighted by molar-refractivity contribution is 0.132. The second kappa shape index (κ2) is 8.20. The molecular weight excluding hydrogens is 395 g/mol. The Morgan fingerprint density at radius 3 is 2.03 bits per heavy atom. The molecule has 1 aliphatic rings. The van der Waals surface area contributed by atoms with Gasteiger partial charge in [-0.15, -0.1) is 0 Å². The number of rotatable bonds is 5. The van der Waals surface area contributed by atoms with Gasteiger partial charge in [-0.2, -0.15) is 0 Å². The van der Waals surface area contributed by atoms with E-state index in [1.54, 1.807) is 0 Å². The average molecular weight is 413 g/mol. The summed E-state index contributed by atoms with van der Waals surface area (Å²) < 4.78 is 45.4. The van der Waals surface area contributed by atoms with E-state index in [1.807, 2.05) is 48.5 Å². The smallest absolute Gasteiger partial charge is 0.407 e. The molecule has 154 valence electrons. The largest absolute Gasteiger partial charge is 0.449 e. The van der Waals surface area contributed by atoms with E-state index in [0.29, 0.717) is 0 Å². The van der Waals surface area contributed by atoms with Crippen LogP contribution in [0.5, 0.6) is 0 Å². The van der Waals surface area contributed by atoms with Gasteiger partial charge in [-0.05, 0) is 39.9 Å². The molecular formula is C23H18F3NO3. The van der Waals surface area contributed by atoms with Gasteiger partial charge in [0.1, 0.15) is 6.61 Å². The molecule has 1 amide bonds. The first-order valence-corrected chi connectivity index (χ1v) is 9.36. The second-order valence-electron chi connectivity index (χ2n) is 7.00. The maximum atomic E-state index is 13.5. The third kappa shape index (κ3) is 3.64. The Morgan fingerprint density at radius 2 is 1.50 bits per heavy atom. The van der Waals surface area contributed by atoms with Crippen LogP contribution in [-0.4, -0.2) is 24.4 Å². The number of nitrogens with one attached hydrogen (secondary N) is 1. The first kappa shape index (κ1) is 20.0. The van der Waals surface area contributed by atoms with Crippen molar-refractivity contribution in [3.05, 3.63) is 94.8 Å². The van der Waals surface area contributed by atoms with E-state index in [1.165, 1.54) is 0 Å². The Kier molecular flexibility index (Phi) is 5.46. The van der Waals surface area contributed by atoms with Crippen LogP contribution >= 0.6 is 0 Å². The van der Waals surface area contributed by atoms with Gasteiger partial charge in [0.2, 0.25) is 0 Å². The molecule has 0 radical (unpaired) electrons. The Morgan fingerprint density at radius 1 is 0.967 bits per heavy atom. The van der Waals surface area contributed by atoms with E-state index in [0.717, 1.165) is 34.4 Å². The maximum Gasteiger partial charge on any atom is 0.407 e. The van der Waals surface area contributed by atoms with Gasteiger partial charge in [-0.25, -0.2) is 18.0 Å². The Balaban J connectivity index is 1.47. The van der Waals surface area contributed by atoms with Gasteiger partial charge < -0.3 is 15.2 Å². The Labute approximate surface area is 170 Å². The van der Waals surface area contributed by atoms with Crippen molar-refractivity contribution in [3.8, 4) is 11.1 Å². The van der Waals surface area contributed by atoms with E-state index in [2.05, 4.69) is 5.32 Å². The van der Waals surface area contributed by atoms with Crippen molar-refractivity contribution in [1.82, 2.24) is 5.32 Å². The van der Waals surface area contributed by atoms with Crippen molar-refractivity contribution in [2.24, 2.45) is 0 Å². The molecule has 0 bridgehead atoms. The molecule has 0 fully saturated rings. The standard InChI is InChI=1S/C23H18F3NO3/c24-19-9-13(10-20(25)22(19)26)21(11-28)27-23(29)30-12-18-16-7-3-1-5-14(16)15-6-2-4-8-17(15)18/h1-10,18,21,28H,11-12H2,(H,27,29). The Bertz CT molecular complexity index is 1030. The second-order valence-corrected chi connectivity index (χ2v) is 7.00. The first-order valence-electron chi connectivity index (χ1n) is 9.36. The zero-order valence-corrected chi connectivity index (χ0v) is 15.7. The monoisotopic (exact) mass is 413 g/mol. The summed E-state index contributed by atoms with van der Waals surface area (Å²) >= 11 is 0. The number of carbonyl (C=O) groups is 1. The molecule has 0 saturated heterocycles. The molecule has 1 unspecified atom stereocenters. The van der Waals surface area contributed by atoms with E-state index in [-0.39, 0.29) is 18.1 Å². The van der Waals surface area contributed by atoms with Crippen molar-refractivity contribution >= 4 is 6.09 Å². The van der Waals surface area contributed by atoms with Crippen LogP contribution < -0.4 is 5.32 Å². The van der Waals surface area contributed by atoms with Crippen LogP contribution in [0, 0.1) is 17.5 Å². The highest BCUT2D eigenvalue weighted by molar-refractivity contribution is 5.79. The summed E-state index contributed by atoms with van der Waals surface area (Å²) in [6.45, 7) is -0.598. The van der Waals surface area contributed by atoms with Crippen LogP contribution in [0.25, 0.3) is 11.1 Å². The summed E-state index contributed by atoms with van der Waals surface area (Å²) in [7, 11) is 0. The number of carbonyl (C=O) groups excluding carboxylic acids is 1. The molecule has 0 saturated carbocycles. The van der Waals surface area contributed by atoms with Gasteiger partial charge in [-0.1, -0.05) is 48.5 Å². The van der Waals surface area contributed by atoms with Crippen LogP contribution in [0.4, 0.5) is 18.0 Å². The zero-order valence-electron chi connectivity index (χ0n) is 15.7. The number of hydrogen-bond acceptors (Lipinski definition) is 3. The molecule has 3 aromatic carbocycles. The minimum atomic E-state index is -1.61. The molecule has 7 heteroatoms. The van der Waals surface area contributed by atoms with Crippen molar-refractivity contribution in [2.75, 3.05) is 13.2 Å². The lowest BCUT2D eigenvalue weighted by Crippen LogP contribution is -2.32. The fourth-order valence-electron chi connectivity index (χ4n) is 3.79. The SMILES string of the molecule is O=C(NC(CO)c1cc(F)c(F)c(F)c1)OCC1c2ccccc2-c2ccccc21. The number of benzene rings is 3. The maximum absolute atomic E-state index is 13.5. The Hall–Kier alpha value is -3.32. The number of aliphatic hydroxyl groups excluding tert-OH is 1. The average Bonchev–Trinajstić information content (AvgIpc) is 3.08. The quantitative estimate of drug-likeness (QED) is 0.598. The van der Waals surface area contributed by atoms with Gasteiger partial charge in [0.05, 0.1) is 12.6 Å². The summed E-state index contributed by atoms with van der Waals surface area (Å²) in [5.41, 5.74) is 4.11. The zero-order chi connectivity index (χ0) is 21.3. The molecule has 0 aliphatic heterocycles. The highest BCUT2D eigenvalue weighted by Crippen LogP contribution is 2.44. The lowest BCUT2D eigenvalue weighted by atomic mass is 9.98. The van der Waals surface area contributed by atoms with Crippen molar-refractivity contribution in [1.29, 1.82) is 0 Å². The molecule has 1 aliphatic carbocycles. The summed E-state index contributed by atoms with van der Waals surface area (Å²) in [4.78, 5) is 12.3. The first-order chi connectivity index (χ1) is 14.5. The van der Waals surface area contributed by atoms with Crippen molar-refractivity contribution in [2.45, 2.75) is 12.0 Å².